The van der Waals surface area contributed by atoms with Gasteiger partial charge >= 0.3 is 0 Å². The molecule has 6 unspecified atom stereocenters. The third-order valence-electron chi connectivity index (χ3n) is 24.0. The van der Waals surface area contributed by atoms with E-state index in [1.807, 2.05) is 0 Å². The molecule has 0 aliphatic carbocycles. The van der Waals surface area contributed by atoms with Crippen LogP contribution in [0.15, 0.2) is 34.5 Å². The summed E-state index contributed by atoms with van der Waals surface area (Å²) >= 11 is 2.35. The number of hydrogen-bond acceptors (Lipinski definition) is 13. The van der Waals surface area contributed by atoms with E-state index in [-0.39, 0.29) is 129 Å². The molecule has 7 aliphatic heterocycles. The van der Waals surface area contributed by atoms with Crippen LogP contribution < -0.4 is 0 Å². The van der Waals surface area contributed by atoms with E-state index in [2.05, 4.69) is 215 Å². The first-order valence-electron chi connectivity index (χ1n) is 35.3. The number of ether oxygens (including phenoxy) is 8. The molecule has 0 aromatic rings. The molecule has 522 valence electrons. The van der Waals surface area contributed by atoms with E-state index in [9.17, 15) is 0 Å². The Morgan fingerprint density at radius 3 is 1.67 bits per heavy atom. The highest BCUT2D eigenvalue weighted by atomic mass is 127. The maximum Gasteiger partial charge on any atom is 0.193 e. The Hall–Kier alpha value is 0.514. The highest BCUT2D eigenvalue weighted by Gasteiger charge is 2.59. The van der Waals surface area contributed by atoms with Crippen LogP contribution in [0.3, 0.4) is 0 Å². The van der Waals surface area contributed by atoms with Crippen molar-refractivity contribution >= 4 is 64.2 Å². The second-order valence-electron chi connectivity index (χ2n) is 36.2. The van der Waals surface area contributed by atoms with Crippen LogP contribution in [0.2, 0.25) is 90.7 Å². The lowest BCUT2D eigenvalue weighted by Gasteiger charge is -2.56. The van der Waals surface area contributed by atoms with Crippen molar-refractivity contribution in [3.8, 4) is 0 Å². The highest BCUT2D eigenvalue weighted by molar-refractivity contribution is 14.1. The van der Waals surface area contributed by atoms with Crippen LogP contribution in [-0.4, -0.2) is 165 Å². The molecule has 0 aromatic heterocycles. The van der Waals surface area contributed by atoms with E-state index >= 15 is 0 Å². The summed E-state index contributed by atoms with van der Waals surface area (Å²) in [5, 5.41) is 0.0627. The van der Waals surface area contributed by atoms with Crippen molar-refractivity contribution in [1.82, 2.24) is 0 Å². The van der Waals surface area contributed by atoms with Crippen LogP contribution >= 0.6 is 22.6 Å². The number of hydrogen-bond donors (Lipinski definition) is 0. The van der Waals surface area contributed by atoms with Gasteiger partial charge in [0.25, 0.3) is 0 Å². The smallest absolute Gasteiger partial charge is 0.193 e. The fraction of sp³-hybridized carbons (Fsp3) is 0.915. The first-order chi connectivity index (χ1) is 41.2. The second-order valence-corrected chi connectivity index (χ2v) is 60.7. The second kappa shape index (κ2) is 30.2. The van der Waals surface area contributed by atoms with Gasteiger partial charge in [0.05, 0.1) is 93.1 Å². The average Bonchev–Trinajstić information content (AvgIpc) is 0.889. The maximum atomic E-state index is 7.77. The number of rotatable bonds is 27. The third-order valence-corrected chi connectivity index (χ3v) is 46.9. The summed E-state index contributed by atoms with van der Waals surface area (Å²) in [5.41, 5.74) is 2.37. The standard InChI is InChI=1S/C71H133IO13Si5/c1-47-28-29-50(30-33-55-48(2)40-51(77-55)32-35-62-73-38-39-74-62)76-58(47)45-59-49(41-53(78-59)43-54(82-87(20,21)68(6,7)8)46-75-86(18,19)67(3,4)5)42-60-61(80-60)44-52-31-34-56-63(79-52)65(84-89(24,25)70(12,13)14)66(85-90(26,27)71(15,16)17)64(81-56)57(36-37-72)83-88(22,23)69(9,10)11/h36-37,49-66H,1-2,28-35,38-46H2,3-27H3/b37-36+/t49-,50+,51-,52+,53-,54-,55-,56-,57?,58+,59-,60?,61?,63?,64+,65?,66?/m0/s1. The van der Waals surface area contributed by atoms with Gasteiger partial charge in [0.1, 0.15) is 24.4 Å². The monoisotopic (exact) mass is 1460 g/mol. The topological polar surface area (TPSA) is 123 Å². The molecule has 7 fully saturated rings. The average molecular weight is 1460 g/mol. The molecule has 0 bridgehead atoms. The van der Waals surface area contributed by atoms with E-state index in [0.717, 1.165) is 89.9 Å². The summed E-state index contributed by atoms with van der Waals surface area (Å²) < 4.78 is 93.8. The van der Waals surface area contributed by atoms with E-state index in [4.69, 9.17) is 60.0 Å². The van der Waals surface area contributed by atoms with E-state index in [0.29, 0.717) is 19.8 Å². The zero-order valence-corrected chi connectivity index (χ0v) is 68.8. The molecule has 0 saturated carbocycles. The van der Waals surface area contributed by atoms with Crippen molar-refractivity contribution in [3.05, 3.63) is 34.5 Å². The number of epoxide rings is 1. The van der Waals surface area contributed by atoms with Crippen LogP contribution in [0.5, 0.6) is 0 Å². The van der Waals surface area contributed by atoms with Gasteiger partial charge in [-0.05, 0) is 182 Å². The number of halogens is 1. The molecule has 13 nitrogen and oxygen atoms in total. The van der Waals surface area contributed by atoms with Crippen LogP contribution in [0.25, 0.3) is 0 Å². The van der Waals surface area contributed by atoms with Crippen LogP contribution in [0.4, 0.5) is 0 Å². The predicted octanol–water partition coefficient (Wildman–Crippen LogP) is 18.7. The molecule has 0 radical (unpaired) electrons. The summed E-state index contributed by atoms with van der Waals surface area (Å²) in [6.07, 6.45) is 13.0. The molecular formula is C71H133IO13Si5. The molecule has 0 aromatic carbocycles. The third kappa shape index (κ3) is 20.1. The van der Waals surface area contributed by atoms with Gasteiger partial charge in [-0.1, -0.05) is 140 Å². The molecule has 7 saturated heterocycles. The Morgan fingerprint density at radius 2 is 1.08 bits per heavy atom. The molecule has 0 amide bonds. The Morgan fingerprint density at radius 1 is 0.522 bits per heavy atom. The fourth-order valence-corrected chi connectivity index (χ4v) is 19.5. The van der Waals surface area contributed by atoms with E-state index in [1.165, 1.54) is 11.1 Å². The first kappa shape index (κ1) is 77.9. The van der Waals surface area contributed by atoms with Crippen molar-refractivity contribution < 1.29 is 60.0 Å². The summed E-state index contributed by atoms with van der Waals surface area (Å²) in [5.74, 6) is 0.276. The predicted molar refractivity (Wildman–Crippen MR) is 389 cm³/mol. The molecule has 19 heteroatoms. The lowest BCUT2D eigenvalue weighted by molar-refractivity contribution is -0.267. The first-order valence-corrected chi connectivity index (χ1v) is 51.1. The van der Waals surface area contributed by atoms with Gasteiger partial charge in [-0.25, -0.2) is 0 Å². The number of fused-ring (bicyclic) bond motifs is 1. The normalized spacial score (nSPS) is 33.3. The Balaban J connectivity index is 1.10. The van der Waals surface area contributed by atoms with Crippen molar-refractivity contribution in [2.45, 2.75) is 388 Å². The van der Waals surface area contributed by atoms with E-state index in [1.54, 1.807) is 0 Å². The summed E-state index contributed by atoms with van der Waals surface area (Å²) in [6.45, 7) is 69.6. The zero-order chi connectivity index (χ0) is 67.2. The van der Waals surface area contributed by atoms with Crippen LogP contribution in [-0.2, 0) is 60.0 Å². The van der Waals surface area contributed by atoms with Gasteiger partial charge in [-0.2, -0.15) is 0 Å². The minimum atomic E-state index is -2.41. The fourth-order valence-electron chi connectivity index (χ4n) is 12.8. The SMILES string of the molecule is C=C1C[C@H](CCC2OCCO2)O[C@H]1CC[C@H]1CCC(=C)[C@@H](C[C@@H]2O[C@H](C[C@@H](CO[Si](C)(C)C(C)(C)C)O[Si](C)(C)C(C)(C)C)C[C@H]2CC2OC2C[C@H]2CC[C@@H]3O[C@H](C(/C=C/I)O[Si](C)(C)C(C)(C)C)C(O[Si](C)(C)C(C)(C)C)C(O[Si](C)(C)C(C)(C)C)C3O2)O1. The van der Waals surface area contributed by atoms with Gasteiger partial charge in [0.2, 0.25) is 0 Å². The van der Waals surface area contributed by atoms with Gasteiger partial charge in [-0.3, -0.25) is 0 Å². The Kier molecular flexibility index (Phi) is 26.1. The molecular weight excluding hydrogens is 1330 g/mol. The van der Waals surface area contributed by atoms with Gasteiger partial charge in [0.15, 0.2) is 47.9 Å². The molecule has 90 heavy (non-hydrogen) atoms. The summed E-state index contributed by atoms with van der Waals surface area (Å²) in [4.78, 5) is 0. The summed E-state index contributed by atoms with van der Waals surface area (Å²) in [6, 6.07) is 0. The highest BCUT2D eigenvalue weighted by Crippen LogP contribution is 2.50. The molecule has 0 spiro atoms. The van der Waals surface area contributed by atoms with Gasteiger partial charge in [-0.15, -0.1) is 0 Å². The van der Waals surface area contributed by atoms with Gasteiger partial charge in [0, 0.05) is 25.7 Å². The van der Waals surface area contributed by atoms with Crippen molar-refractivity contribution in [3.63, 3.8) is 0 Å². The maximum absolute atomic E-state index is 7.77. The minimum Gasteiger partial charge on any atom is -0.414 e. The molecule has 17 atom stereocenters. The van der Waals surface area contributed by atoms with Crippen molar-refractivity contribution in [2.75, 3.05) is 19.8 Å². The van der Waals surface area contributed by atoms with Crippen LogP contribution in [0.1, 0.15) is 194 Å². The van der Waals surface area contributed by atoms with Gasteiger partial charge < -0.3 is 60.0 Å². The van der Waals surface area contributed by atoms with E-state index < -0.39 is 47.7 Å². The molecule has 7 rings (SSSR count). The lowest BCUT2D eigenvalue weighted by Crippen LogP contribution is -2.69. The molecule has 7 heterocycles. The van der Waals surface area contributed by atoms with Crippen LogP contribution in [0, 0.1) is 5.92 Å². The van der Waals surface area contributed by atoms with Crippen molar-refractivity contribution in [2.24, 2.45) is 5.92 Å². The molecule has 7 aliphatic rings. The molecule has 0 N–H and O–H groups in total. The summed E-state index contributed by atoms with van der Waals surface area (Å²) in [7, 11) is -11.3. The Bertz CT molecular complexity index is 2360. The quantitative estimate of drug-likeness (QED) is 0.0336. The lowest BCUT2D eigenvalue weighted by atomic mass is 9.85. The largest absolute Gasteiger partial charge is 0.414 e. The minimum absolute atomic E-state index is 0.00559. The Labute approximate surface area is 568 Å². The van der Waals surface area contributed by atoms with Crippen molar-refractivity contribution in [1.29, 1.82) is 0 Å². The zero-order valence-electron chi connectivity index (χ0n) is 61.7.